The molecule has 126 valence electrons. The van der Waals surface area contributed by atoms with E-state index in [0.717, 1.165) is 34.8 Å². The van der Waals surface area contributed by atoms with Gasteiger partial charge in [0.1, 0.15) is 0 Å². The number of benzene rings is 1. The van der Waals surface area contributed by atoms with E-state index in [-0.39, 0.29) is 10.8 Å². The molecule has 1 atom stereocenters. The minimum Gasteiger partial charge on any atom is -0.268 e. The summed E-state index contributed by atoms with van der Waals surface area (Å²) in [6, 6.07) is 8.12. The Morgan fingerprint density at radius 2 is 1.92 bits per heavy atom. The molecule has 0 saturated heterocycles. The highest BCUT2D eigenvalue weighted by molar-refractivity contribution is 8.14. The van der Waals surface area contributed by atoms with Crippen LogP contribution in [0.15, 0.2) is 34.1 Å². The third-order valence-corrected chi connectivity index (χ3v) is 6.29. The molecule has 4 nitrogen and oxygen atoms in total. The Bertz CT molecular complexity index is 831. The van der Waals surface area contributed by atoms with E-state index in [4.69, 9.17) is 16.6 Å². The maximum atomic E-state index is 12.7. The van der Waals surface area contributed by atoms with Crippen molar-refractivity contribution in [3.05, 3.63) is 50.8 Å². The maximum absolute atomic E-state index is 12.7. The number of rotatable bonds is 2. The fraction of sp³-hybridized carbons (Fsp3) is 0.444. The Kier molecular flexibility index (Phi) is 4.31. The maximum Gasteiger partial charge on any atom is 0.271 e. The first-order valence-electron chi connectivity index (χ1n) is 8.45. The van der Waals surface area contributed by atoms with E-state index in [2.05, 4.69) is 5.10 Å². The van der Waals surface area contributed by atoms with Crippen molar-refractivity contribution in [1.82, 2.24) is 9.78 Å². The fourth-order valence-electron chi connectivity index (χ4n) is 3.69. The van der Waals surface area contributed by atoms with Gasteiger partial charge in [-0.3, -0.25) is 14.6 Å². The van der Waals surface area contributed by atoms with Crippen molar-refractivity contribution in [2.75, 3.05) is 0 Å². The molecule has 1 fully saturated rings. The second-order valence-corrected chi connectivity index (χ2v) is 8.25. The molecule has 1 aliphatic heterocycles. The molecular formula is C18H20ClN3OS. The van der Waals surface area contributed by atoms with Gasteiger partial charge in [0.25, 0.3) is 5.56 Å². The second kappa shape index (κ2) is 6.45. The van der Waals surface area contributed by atoms with Crippen molar-refractivity contribution < 1.29 is 0 Å². The van der Waals surface area contributed by atoms with Crippen molar-refractivity contribution in [2.24, 2.45) is 4.99 Å². The molecule has 0 amide bonds. The second-order valence-electron chi connectivity index (χ2n) is 6.52. The van der Waals surface area contributed by atoms with Crippen LogP contribution >= 0.6 is 23.4 Å². The number of hydrogen-bond acceptors (Lipinski definition) is 3. The van der Waals surface area contributed by atoms with Crippen LogP contribution in [0.25, 0.3) is 0 Å². The molecule has 1 unspecified atom stereocenters. The zero-order valence-electron chi connectivity index (χ0n) is 13.6. The summed E-state index contributed by atoms with van der Waals surface area (Å²) in [6.45, 7) is 2.01. The van der Waals surface area contributed by atoms with Crippen LogP contribution in [0.4, 0.5) is 5.82 Å². The SMILES string of the molecule is CC1=Nc2c(c(=O)[nH]n2C2CCCCC2)C(c2ccc(Cl)cc2)S1. The van der Waals surface area contributed by atoms with Crippen molar-refractivity contribution in [2.45, 2.75) is 50.3 Å². The molecule has 1 saturated carbocycles. The molecule has 2 heterocycles. The van der Waals surface area contributed by atoms with Gasteiger partial charge in [-0.05, 0) is 37.5 Å². The predicted molar refractivity (Wildman–Crippen MR) is 101 cm³/mol. The first kappa shape index (κ1) is 16.0. The number of thioether (sulfide) groups is 1. The van der Waals surface area contributed by atoms with E-state index in [1.807, 2.05) is 35.9 Å². The topological polar surface area (TPSA) is 50.1 Å². The van der Waals surface area contributed by atoms with Gasteiger partial charge in [0.2, 0.25) is 0 Å². The van der Waals surface area contributed by atoms with Gasteiger partial charge < -0.3 is 0 Å². The van der Waals surface area contributed by atoms with Crippen molar-refractivity contribution in [1.29, 1.82) is 0 Å². The summed E-state index contributed by atoms with van der Waals surface area (Å²) < 4.78 is 2.03. The van der Waals surface area contributed by atoms with Gasteiger partial charge in [-0.1, -0.05) is 54.8 Å². The van der Waals surface area contributed by atoms with Crippen LogP contribution in [0, 0.1) is 0 Å². The number of aromatic nitrogens is 2. The minimum absolute atomic E-state index is 0.0146. The van der Waals surface area contributed by atoms with Crippen LogP contribution in [0.2, 0.25) is 5.02 Å². The van der Waals surface area contributed by atoms with Gasteiger partial charge in [0.15, 0.2) is 5.82 Å². The molecule has 24 heavy (non-hydrogen) atoms. The highest BCUT2D eigenvalue weighted by atomic mass is 35.5. The monoisotopic (exact) mass is 361 g/mol. The van der Waals surface area contributed by atoms with E-state index in [1.54, 1.807) is 11.8 Å². The Hall–Kier alpha value is -1.46. The lowest BCUT2D eigenvalue weighted by molar-refractivity contribution is 0.331. The predicted octanol–water partition coefficient (Wildman–Crippen LogP) is 5.22. The highest BCUT2D eigenvalue weighted by Gasteiger charge is 2.32. The molecule has 2 aromatic rings. The van der Waals surface area contributed by atoms with Crippen LogP contribution in [0.1, 0.15) is 61.4 Å². The van der Waals surface area contributed by atoms with Gasteiger partial charge in [0, 0.05) is 5.02 Å². The minimum atomic E-state index is -0.0247. The van der Waals surface area contributed by atoms with E-state index < -0.39 is 0 Å². The van der Waals surface area contributed by atoms with Crippen LogP contribution < -0.4 is 5.56 Å². The molecule has 4 rings (SSSR count). The lowest BCUT2D eigenvalue weighted by Crippen LogP contribution is -2.16. The van der Waals surface area contributed by atoms with E-state index in [9.17, 15) is 4.79 Å². The quantitative estimate of drug-likeness (QED) is 0.797. The first-order chi connectivity index (χ1) is 11.6. The molecule has 0 spiro atoms. The number of aromatic amines is 1. The van der Waals surface area contributed by atoms with Crippen LogP contribution in [-0.4, -0.2) is 14.8 Å². The Labute approximate surface area is 150 Å². The number of aliphatic imine (C=N–C) groups is 1. The normalized spacial score (nSPS) is 21.4. The third kappa shape index (κ3) is 2.84. The van der Waals surface area contributed by atoms with E-state index in [1.165, 1.54) is 19.3 Å². The molecule has 1 N–H and O–H groups in total. The number of H-pyrrole nitrogens is 1. The standard InChI is InChI=1S/C18H20ClN3OS/c1-11-20-17-15(16(24-11)12-7-9-13(19)10-8-12)18(23)21-22(17)14-5-3-2-4-6-14/h7-10,14,16H,2-6H2,1H3,(H,21,23). The lowest BCUT2D eigenvalue weighted by atomic mass is 9.95. The number of halogens is 1. The third-order valence-electron chi connectivity index (χ3n) is 4.86. The summed E-state index contributed by atoms with van der Waals surface area (Å²) in [7, 11) is 0. The number of nitrogens with zero attached hydrogens (tertiary/aromatic N) is 2. The first-order valence-corrected chi connectivity index (χ1v) is 9.71. The average Bonchev–Trinajstić information content (AvgIpc) is 2.92. The zero-order chi connectivity index (χ0) is 16.7. The Morgan fingerprint density at radius 3 is 2.62 bits per heavy atom. The van der Waals surface area contributed by atoms with Gasteiger partial charge in [-0.2, -0.15) is 0 Å². The van der Waals surface area contributed by atoms with E-state index >= 15 is 0 Å². The Balaban J connectivity index is 1.80. The van der Waals surface area contributed by atoms with Gasteiger partial charge in [0.05, 0.1) is 21.9 Å². The van der Waals surface area contributed by atoms with E-state index in [0.29, 0.717) is 11.1 Å². The van der Waals surface area contributed by atoms with Crippen molar-refractivity contribution in [3.8, 4) is 0 Å². The summed E-state index contributed by atoms with van der Waals surface area (Å²) in [5.41, 5.74) is 1.85. The van der Waals surface area contributed by atoms with Crippen LogP contribution in [0.3, 0.4) is 0 Å². The lowest BCUT2D eigenvalue weighted by Gasteiger charge is -2.26. The highest BCUT2D eigenvalue weighted by Crippen LogP contribution is 2.45. The molecule has 0 bridgehead atoms. The smallest absolute Gasteiger partial charge is 0.268 e. The van der Waals surface area contributed by atoms with Gasteiger partial charge in [-0.15, -0.1) is 0 Å². The summed E-state index contributed by atoms with van der Waals surface area (Å²) in [4.78, 5) is 17.4. The number of nitrogens with one attached hydrogen (secondary N) is 1. The molecule has 1 aliphatic carbocycles. The summed E-state index contributed by atoms with van der Waals surface area (Å²) in [5, 5.41) is 4.75. The molecule has 2 aliphatic rings. The van der Waals surface area contributed by atoms with Crippen molar-refractivity contribution in [3.63, 3.8) is 0 Å². The fourth-order valence-corrected chi connectivity index (χ4v) is 4.91. The average molecular weight is 362 g/mol. The van der Waals surface area contributed by atoms with Gasteiger partial charge in [-0.25, -0.2) is 4.99 Å². The number of fused-ring (bicyclic) bond motifs is 1. The summed E-state index contributed by atoms with van der Waals surface area (Å²) in [5.74, 6) is 0.822. The summed E-state index contributed by atoms with van der Waals surface area (Å²) >= 11 is 7.65. The molecular weight excluding hydrogens is 342 g/mol. The largest absolute Gasteiger partial charge is 0.271 e. The molecule has 6 heteroatoms. The van der Waals surface area contributed by atoms with Crippen molar-refractivity contribution >= 4 is 34.2 Å². The number of hydrogen-bond donors (Lipinski definition) is 1. The zero-order valence-corrected chi connectivity index (χ0v) is 15.2. The van der Waals surface area contributed by atoms with Gasteiger partial charge >= 0.3 is 0 Å². The van der Waals surface area contributed by atoms with Crippen LogP contribution in [-0.2, 0) is 0 Å². The van der Waals surface area contributed by atoms with Crippen LogP contribution in [0.5, 0.6) is 0 Å². The molecule has 1 aromatic heterocycles. The summed E-state index contributed by atoms with van der Waals surface area (Å²) in [6.07, 6.45) is 5.96. The molecule has 0 radical (unpaired) electrons. The molecule has 1 aromatic carbocycles. The Morgan fingerprint density at radius 1 is 1.21 bits per heavy atom.